The van der Waals surface area contributed by atoms with Gasteiger partial charge in [-0.25, -0.2) is 14.8 Å². The van der Waals surface area contributed by atoms with E-state index in [0.717, 1.165) is 5.56 Å². The number of rotatable bonds is 8. The summed E-state index contributed by atoms with van der Waals surface area (Å²) in [7, 11) is 2.88. The van der Waals surface area contributed by atoms with Gasteiger partial charge in [0.05, 0.1) is 34.0 Å². The molecule has 1 aliphatic heterocycles. The van der Waals surface area contributed by atoms with E-state index in [9.17, 15) is 9.59 Å². The Labute approximate surface area is 200 Å². The van der Waals surface area contributed by atoms with Gasteiger partial charge < -0.3 is 24.3 Å². The van der Waals surface area contributed by atoms with Gasteiger partial charge in [0.2, 0.25) is 5.82 Å². The van der Waals surface area contributed by atoms with Crippen LogP contribution in [-0.2, 0) is 32.1 Å². The summed E-state index contributed by atoms with van der Waals surface area (Å²) in [6, 6.07) is 8.92. The Bertz CT molecular complexity index is 1190. The van der Waals surface area contributed by atoms with E-state index in [1.165, 1.54) is 18.0 Å². The zero-order chi connectivity index (χ0) is 24.8. The molecule has 4 rings (SSSR count). The molecule has 0 radical (unpaired) electrons. The molecule has 1 fully saturated rings. The van der Waals surface area contributed by atoms with Gasteiger partial charge >= 0.3 is 5.97 Å². The second-order valence-corrected chi connectivity index (χ2v) is 7.69. The molecule has 35 heavy (non-hydrogen) atoms. The Morgan fingerprint density at radius 1 is 1.17 bits per heavy atom. The molecule has 2 atom stereocenters. The van der Waals surface area contributed by atoms with Crippen LogP contribution in [0, 0.1) is 6.92 Å². The van der Waals surface area contributed by atoms with Crippen molar-refractivity contribution in [3.63, 3.8) is 0 Å². The van der Waals surface area contributed by atoms with Gasteiger partial charge in [0.15, 0.2) is 6.10 Å². The largest absolute Gasteiger partial charge is 0.497 e. The van der Waals surface area contributed by atoms with E-state index >= 15 is 0 Å². The van der Waals surface area contributed by atoms with Crippen molar-refractivity contribution in [1.82, 2.24) is 35.5 Å². The predicted octanol–water partition coefficient (Wildman–Crippen LogP) is 0.334. The molecule has 1 aliphatic rings. The van der Waals surface area contributed by atoms with Crippen LogP contribution in [0.25, 0.3) is 11.5 Å². The summed E-state index contributed by atoms with van der Waals surface area (Å²) >= 11 is 0. The molecule has 0 saturated carbocycles. The zero-order valence-electron chi connectivity index (χ0n) is 19.5. The first kappa shape index (κ1) is 24.2. The highest BCUT2D eigenvalue weighted by molar-refractivity contribution is 5.93. The lowest BCUT2D eigenvalue weighted by Gasteiger charge is -2.27. The fourth-order valence-electron chi connectivity index (χ4n) is 3.38. The third-order valence-corrected chi connectivity index (χ3v) is 5.14. The maximum Gasteiger partial charge on any atom is 0.337 e. The van der Waals surface area contributed by atoms with E-state index in [2.05, 4.69) is 35.4 Å². The molecule has 1 N–H and O–H groups in total. The van der Waals surface area contributed by atoms with Crippen LogP contribution in [0.4, 0.5) is 0 Å². The van der Waals surface area contributed by atoms with Crippen molar-refractivity contribution in [2.75, 3.05) is 27.4 Å². The van der Waals surface area contributed by atoms with Gasteiger partial charge in [0.1, 0.15) is 29.1 Å². The van der Waals surface area contributed by atoms with Gasteiger partial charge in [0, 0.05) is 6.54 Å². The number of nitrogens with one attached hydrogen (secondary N) is 1. The highest BCUT2D eigenvalue weighted by Gasteiger charge is 2.29. The maximum atomic E-state index is 12.7. The van der Waals surface area contributed by atoms with Crippen LogP contribution in [0.2, 0.25) is 0 Å². The Balaban J connectivity index is 1.39. The average Bonchev–Trinajstić information content (AvgIpc) is 3.35. The summed E-state index contributed by atoms with van der Waals surface area (Å²) in [6.07, 6.45) is -1.10. The molecule has 3 aromatic rings. The van der Waals surface area contributed by atoms with Crippen molar-refractivity contribution in [2.45, 2.75) is 32.2 Å². The molecule has 2 unspecified atom stereocenters. The Morgan fingerprint density at radius 2 is 2.03 bits per heavy atom. The third kappa shape index (κ3) is 6.13. The number of nitrogens with zero attached hydrogens (tertiary/aromatic N) is 6. The lowest BCUT2D eigenvalue weighted by Crippen LogP contribution is -2.42. The first-order chi connectivity index (χ1) is 16.9. The molecule has 13 heteroatoms. The number of amides is 1. The molecule has 0 aliphatic carbocycles. The Hall–Kier alpha value is -3.97. The quantitative estimate of drug-likeness (QED) is 0.441. The molecule has 1 amide bonds. The SMILES string of the molecule is COC(=O)C1COC(Cn2nnc(-c3cc(C(=O)NCc4cccc(OC)c4)nc(C)n3)n2)CO1. The molecular weight excluding hydrogens is 458 g/mol. The number of esters is 1. The van der Waals surface area contributed by atoms with Gasteiger partial charge in [-0.2, -0.15) is 4.80 Å². The Kier molecular flexibility index (Phi) is 7.57. The number of tetrazole rings is 1. The number of benzene rings is 1. The van der Waals surface area contributed by atoms with Crippen LogP contribution >= 0.6 is 0 Å². The van der Waals surface area contributed by atoms with E-state index in [0.29, 0.717) is 23.8 Å². The van der Waals surface area contributed by atoms with Gasteiger partial charge in [-0.3, -0.25) is 4.79 Å². The standard InChI is InChI=1S/C22H25N7O6/c1-13-24-17(8-18(25-13)21(30)23-9-14-5-4-6-15(7-14)32-2)20-26-28-29(27-20)10-16-11-35-19(12-34-16)22(31)33-3/h4-8,16,19H,9-12H2,1-3H3,(H,23,30). The number of ether oxygens (including phenoxy) is 4. The first-order valence-corrected chi connectivity index (χ1v) is 10.8. The van der Waals surface area contributed by atoms with Crippen molar-refractivity contribution in [2.24, 2.45) is 0 Å². The minimum Gasteiger partial charge on any atom is -0.497 e. The monoisotopic (exact) mass is 483 g/mol. The molecule has 13 nitrogen and oxygen atoms in total. The molecule has 0 spiro atoms. The van der Waals surface area contributed by atoms with Crippen LogP contribution in [0.15, 0.2) is 30.3 Å². The van der Waals surface area contributed by atoms with Gasteiger partial charge in [-0.1, -0.05) is 12.1 Å². The van der Waals surface area contributed by atoms with E-state index < -0.39 is 12.1 Å². The van der Waals surface area contributed by atoms with E-state index in [1.807, 2.05) is 24.3 Å². The number of carbonyl (C=O) groups excluding carboxylic acids is 2. The van der Waals surface area contributed by atoms with E-state index in [1.54, 1.807) is 14.0 Å². The minimum atomic E-state index is -0.743. The summed E-state index contributed by atoms with van der Waals surface area (Å²) < 4.78 is 21.0. The number of methoxy groups -OCH3 is 2. The summed E-state index contributed by atoms with van der Waals surface area (Å²) in [5.41, 5.74) is 1.44. The average molecular weight is 483 g/mol. The van der Waals surface area contributed by atoms with Crippen LogP contribution in [-0.4, -0.2) is 81.7 Å². The molecule has 3 heterocycles. The van der Waals surface area contributed by atoms with Crippen LogP contribution in [0.5, 0.6) is 5.75 Å². The van der Waals surface area contributed by atoms with Crippen LogP contribution < -0.4 is 10.1 Å². The zero-order valence-corrected chi connectivity index (χ0v) is 19.5. The summed E-state index contributed by atoms with van der Waals surface area (Å²) in [5.74, 6) is 0.497. The van der Waals surface area contributed by atoms with E-state index in [4.69, 9.17) is 14.2 Å². The second kappa shape index (κ2) is 11.0. The van der Waals surface area contributed by atoms with E-state index in [-0.39, 0.29) is 43.3 Å². The van der Waals surface area contributed by atoms with Crippen LogP contribution in [0.3, 0.4) is 0 Å². The molecular formula is C22H25N7O6. The highest BCUT2D eigenvalue weighted by atomic mass is 16.6. The summed E-state index contributed by atoms with van der Waals surface area (Å²) in [5, 5.41) is 15.2. The normalized spacial score (nSPS) is 17.6. The van der Waals surface area contributed by atoms with Gasteiger partial charge in [-0.15, -0.1) is 10.2 Å². The number of carbonyl (C=O) groups is 2. The highest BCUT2D eigenvalue weighted by Crippen LogP contribution is 2.15. The van der Waals surface area contributed by atoms with Gasteiger partial charge in [0.25, 0.3) is 5.91 Å². The predicted molar refractivity (Wildman–Crippen MR) is 119 cm³/mol. The lowest BCUT2D eigenvalue weighted by molar-refractivity contribution is -0.180. The third-order valence-electron chi connectivity index (χ3n) is 5.14. The Morgan fingerprint density at radius 3 is 2.77 bits per heavy atom. The number of hydrogen-bond acceptors (Lipinski definition) is 11. The molecule has 184 valence electrons. The fraction of sp³-hybridized carbons (Fsp3) is 0.409. The molecule has 0 bridgehead atoms. The van der Waals surface area contributed by atoms with Crippen molar-refractivity contribution in [1.29, 1.82) is 0 Å². The van der Waals surface area contributed by atoms with Crippen LogP contribution in [0.1, 0.15) is 21.9 Å². The maximum absolute atomic E-state index is 12.7. The molecule has 2 aromatic heterocycles. The summed E-state index contributed by atoms with van der Waals surface area (Å²) in [4.78, 5) is 34.1. The van der Waals surface area contributed by atoms with Crippen molar-refractivity contribution < 1.29 is 28.5 Å². The molecule has 1 saturated heterocycles. The minimum absolute atomic E-state index is 0.0816. The lowest BCUT2D eigenvalue weighted by atomic mass is 10.2. The van der Waals surface area contributed by atoms with Crippen molar-refractivity contribution >= 4 is 11.9 Å². The smallest absolute Gasteiger partial charge is 0.337 e. The number of aromatic nitrogens is 6. The topological polar surface area (TPSA) is 152 Å². The van der Waals surface area contributed by atoms with Crippen molar-refractivity contribution in [3.8, 4) is 17.3 Å². The number of aryl methyl sites for hydroxylation is 1. The van der Waals surface area contributed by atoms with Gasteiger partial charge in [-0.05, 0) is 35.9 Å². The number of hydrogen-bond donors (Lipinski definition) is 1. The fourth-order valence-corrected chi connectivity index (χ4v) is 3.38. The molecule has 1 aromatic carbocycles. The summed E-state index contributed by atoms with van der Waals surface area (Å²) in [6.45, 7) is 2.51. The van der Waals surface area contributed by atoms with Crippen molar-refractivity contribution in [3.05, 3.63) is 47.4 Å². The second-order valence-electron chi connectivity index (χ2n) is 7.69. The first-order valence-electron chi connectivity index (χ1n) is 10.8.